The topological polar surface area (TPSA) is 109 Å². The molecule has 1 aromatic heterocycles. The molecule has 0 aliphatic rings. The maximum absolute atomic E-state index is 11.2. The van der Waals surface area contributed by atoms with Gasteiger partial charge in [0.15, 0.2) is 5.75 Å². The van der Waals surface area contributed by atoms with Gasteiger partial charge in [-0.05, 0) is 29.8 Å². The quantitative estimate of drug-likeness (QED) is 0.300. The molecular weight excluding hydrogens is 437 g/mol. The van der Waals surface area contributed by atoms with Crippen LogP contribution >= 0.6 is 34.5 Å². The van der Waals surface area contributed by atoms with Gasteiger partial charge in [0.1, 0.15) is 11.1 Å². The summed E-state index contributed by atoms with van der Waals surface area (Å²) in [5, 5.41) is 33.6. The van der Waals surface area contributed by atoms with Crippen LogP contribution in [0.2, 0.25) is 10.0 Å². The number of thiazole rings is 1. The molecule has 0 fully saturated rings. The van der Waals surface area contributed by atoms with E-state index in [1.54, 1.807) is 23.6 Å². The fourth-order valence-corrected chi connectivity index (χ4v) is 3.58. The van der Waals surface area contributed by atoms with Gasteiger partial charge in [-0.2, -0.15) is 5.26 Å². The monoisotopic (exact) mass is 447 g/mol. The lowest BCUT2D eigenvalue weighted by atomic mass is 10.1. The van der Waals surface area contributed by atoms with E-state index in [4.69, 9.17) is 27.9 Å². The second kappa shape index (κ2) is 8.49. The lowest BCUT2D eigenvalue weighted by Gasteiger charge is -2.05. The minimum Gasteiger partial charge on any atom is -0.500 e. The molecule has 0 spiro atoms. The molecule has 0 unspecified atom stereocenters. The number of hydrogen-bond acceptors (Lipinski definition) is 7. The van der Waals surface area contributed by atoms with E-state index in [2.05, 4.69) is 4.98 Å². The maximum Gasteiger partial charge on any atom is 0.315 e. The Morgan fingerprint density at radius 3 is 2.72 bits per heavy atom. The molecule has 7 nitrogen and oxygen atoms in total. The predicted molar refractivity (Wildman–Crippen MR) is 112 cm³/mol. The Hall–Kier alpha value is -3.12. The van der Waals surface area contributed by atoms with Crippen LogP contribution in [0.25, 0.3) is 22.9 Å². The Morgan fingerprint density at radius 2 is 2.10 bits per heavy atom. The van der Waals surface area contributed by atoms with Crippen molar-refractivity contribution in [1.82, 2.24) is 4.98 Å². The number of phenols is 1. The summed E-state index contributed by atoms with van der Waals surface area (Å²) in [5.41, 5.74) is 1.33. The molecule has 0 amide bonds. The van der Waals surface area contributed by atoms with Crippen molar-refractivity contribution in [3.05, 3.63) is 66.4 Å². The van der Waals surface area contributed by atoms with E-state index in [1.807, 2.05) is 6.07 Å². The molecule has 1 heterocycles. The summed E-state index contributed by atoms with van der Waals surface area (Å²) in [6, 6.07) is 9.68. The normalized spacial score (nSPS) is 11.2. The fraction of sp³-hybridized carbons (Fsp3) is 0.0526. The third-order valence-corrected chi connectivity index (χ3v) is 5.49. The van der Waals surface area contributed by atoms with Crippen molar-refractivity contribution in [2.45, 2.75) is 0 Å². The number of aromatic nitrogens is 1. The van der Waals surface area contributed by atoms with Crippen LogP contribution in [-0.4, -0.2) is 22.1 Å². The number of methoxy groups -OCH3 is 1. The van der Waals surface area contributed by atoms with Gasteiger partial charge < -0.3 is 9.84 Å². The predicted octanol–water partition coefficient (Wildman–Crippen LogP) is 5.80. The van der Waals surface area contributed by atoms with Gasteiger partial charge in [-0.1, -0.05) is 29.3 Å². The third kappa shape index (κ3) is 4.32. The van der Waals surface area contributed by atoms with Gasteiger partial charge in [0.05, 0.1) is 33.3 Å². The molecule has 1 N–H and O–H groups in total. The number of nitro groups is 1. The minimum atomic E-state index is -0.729. The maximum atomic E-state index is 11.2. The van der Waals surface area contributed by atoms with Gasteiger partial charge >= 0.3 is 5.69 Å². The molecular formula is C19H11Cl2N3O4S. The first-order chi connectivity index (χ1) is 13.8. The number of aromatic hydroxyl groups is 1. The molecule has 0 bridgehead atoms. The van der Waals surface area contributed by atoms with Crippen molar-refractivity contribution in [1.29, 1.82) is 5.26 Å². The number of hydrogen-bond donors (Lipinski definition) is 1. The first-order valence-electron chi connectivity index (χ1n) is 7.92. The van der Waals surface area contributed by atoms with Gasteiger partial charge in [-0.25, -0.2) is 4.98 Å². The largest absolute Gasteiger partial charge is 0.500 e. The number of nitrogens with zero attached hydrogens (tertiary/aromatic N) is 3. The van der Waals surface area contributed by atoms with E-state index >= 15 is 0 Å². The average Bonchev–Trinajstić information content (AvgIpc) is 3.18. The summed E-state index contributed by atoms with van der Waals surface area (Å²) < 4.78 is 4.98. The van der Waals surface area contributed by atoms with Crippen LogP contribution in [-0.2, 0) is 0 Å². The zero-order valence-corrected chi connectivity index (χ0v) is 17.0. The summed E-state index contributed by atoms with van der Waals surface area (Å²) >= 11 is 13.2. The average molecular weight is 448 g/mol. The van der Waals surface area contributed by atoms with Crippen molar-refractivity contribution in [2.75, 3.05) is 7.11 Å². The van der Waals surface area contributed by atoms with Crippen LogP contribution in [0.15, 0.2) is 35.7 Å². The first-order valence-corrected chi connectivity index (χ1v) is 9.56. The molecule has 0 atom stereocenters. The summed E-state index contributed by atoms with van der Waals surface area (Å²) in [6.45, 7) is 0. The van der Waals surface area contributed by atoms with Gasteiger partial charge in [0.25, 0.3) is 0 Å². The summed E-state index contributed by atoms with van der Waals surface area (Å²) in [5.74, 6) is -0.650. The summed E-state index contributed by atoms with van der Waals surface area (Å²) in [7, 11) is 1.28. The Bertz CT molecular complexity index is 1180. The van der Waals surface area contributed by atoms with E-state index in [1.165, 1.54) is 30.6 Å². The number of rotatable bonds is 5. The van der Waals surface area contributed by atoms with Crippen molar-refractivity contribution < 1.29 is 14.8 Å². The zero-order valence-electron chi connectivity index (χ0n) is 14.7. The Balaban J connectivity index is 2.03. The number of allylic oxidation sites excluding steroid dienone is 1. The lowest BCUT2D eigenvalue weighted by Crippen LogP contribution is -1.93. The number of ether oxygens (including phenoxy) is 1. The van der Waals surface area contributed by atoms with Crippen LogP contribution in [0.5, 0.6) is 11.5 Å². The molecule has 29 heavy (non-hydrogen) atoms. The lowest BCUT2D eigenvalue weighted by molar-refractivity contribution is -0.386. The first kappa shape index (κ1) is 20.6. The van der Waals surface area contributed by atoms with Crippen LogP contribution in [0.1, 0.15) is 10.6 Å². The highest BCUT2D eigenvalue weighted by atomic mass is 35.5. The number of nitriles is 1. The smallest absolute Gasteiger partial charge is 0.315 e. The van der Waals surface area contributed by atoms with Crippen molar-refractivity contribution in [3.63, 3.8) is 0 Å². The number of benzene rings is 2. The van der Waals surface area contributed by atoms with E-state index < -0.39 is 16.4 Å². The van der Waals surface area contributed by atoms with Gasteiger partial charge in [-0.3, -0.25) is 10.1 Å². The highest BCUT2D eigenvalue weighted by molar-refractivity contribution is 7.11. The van der Waals surface area contributed by atoms with Gasteiger partial charge in [0.2, 0.25) is 5.75 Å². The van der Waals surface area contributed by atoms with Crippen LogP contribution in [0, 0.1) is 21.4 Å². The second-order valence-corrected chi connectivity index (χ2v) is 7.36. The van der Waals surface area contributed by atoms with Crippen LogP contribution in [0.4, 0.5) is 5.69 Å². The highest BCUT2D eigenvalue weighted by Crippen LogP contribution is 2.38. The van der Waals surface area contributed by atoms with Crippen molar-refractivity contribution in [2.24, 2.45) is 0 Å². The molecule has 0 aliphatic heterocycles. The Morgan fingerprint density at radius 1 is 1.34 bits per heavy atom. The molecule has 0 radical (unpaired) electrons. The summed E-state index contributed by atoms with van der Waals surface area (Å²) in [6.07, 6.45) is 1.44. The third-order valence-electron chi connectivity index (χ3n) is 3.88. The standard InChI is InChI=1S/C19H11Cl2N3O4S/c1-28-17-6-10(5-16(18(17)25)24(26)27)4-12(8-22)19-23-15(9-29-19)11-2-3-13(20)14(21)7-11/h2-7,9,25H,1H3. The molecule has 0 saturated carbocycles. The van der Waals surface area contributed by atoms with E-state index in [0.29, 0.717) is 26.3 Å². The highest BCUT2D eigenvalue weighted by Gasteiger charge is 2.20. The second-order valence-electron chi connectivity index (χ2n) is 5.68. The van der Waals surface area contributed by atoms with E-state index in [0.717, 1.165) is 11.6 Å². The Labute approximate surface area is 179 Å². The zero-order chi connectivity index (χ0) is 21.1. The number of halogens is 2. The van der Waals surface area contributed by atoms with Crippen molar-refractivity contribution >= 4 is 51.9 Å². The van der Waals surface area contributed by atoms with Crippen LogP contribution in [0.3, 0.4) is 0 Å². The Kier molecular flexibility index (Phi) is 6.03. The molecule has 3 aromatic rings. The molecule has 146 valence electrons. The number of phenolic OH excluding ortho intramolecular Hbond substituents is 1. The number of nitro benzene ring substituents is 1. The van der Waals surface area contributed by atoms with Gasteiger partial charge in [0, 0.05) is 17.0 Å². The molecule has 3 rings (SSSR count). The van der Waals surface area contributed by atoms with E-state index in [-0.39, 0.29) is 11.3 Å². The molecule has 0 aliphatic carbocycles. The molecule has 2 aromatic carbocycles. The minimum absolute atomic E-state index is 0.0710. The molecule has 0 saturated heterocycles. The molecule has 10 heteroatoms. The van der Waals surface area contributed by atoms with E-state index in [9.17, 15) is 20.5 Å². The van der Waals surface area contributed by atoms with Crippen LogP contribution < -0.4 is 4.74 Å². The van der Waals surface area contributed by atoms with Crippen molar-refractivity contribution in [3.8, 4) is 28.8 Å². The summed E-state index contributed by atoms with van der Waals surface area (Å²) in [4.78, 5) is 14.9. The fourth-order valence-electron chi connectivity index (χ4n) is 2.49. The van der Waals surface area contributed by atoms with Gasteiger partial charge in [-0.15, -0.1) is 11.3 Å². The SMILES string of the molecule is COc1cc(C=C(C#N)c2nc(-c3ccc(Cl)c(Cl)c3)cs2)cc([N+](=O)[O-])c1O.